The van der Waals surface area contributed by atoms with Gasteiger partial charge in [0.2, 0.25) is 0 Å². The van der Waals surface area contributed by atoms with Crippen molar-refractivity contribution >= 4 is 0 Å². The third-order valence-electron chi connectivity index (χ3n) is 7.19. The molecule has 10 nitrogen and oxygen atoms in total. The van der Waals surface area contributed by atoms with Crippen LogP contribution in [0.2, 0.25) is 0 Å². The van der Waals surface area contributed by atoms with E-state index >= 15 is 0 Å². The maximum absolute atomic E-state index is 5.75. The maximum atomic E-state index is 5.75. The smallest absolute Gasteiger partial charge is 0.162 e. The van der Waals surface area contributed by atoms with Crippen LogP contribution in [0.1, 0.15) is 62.3 Å². The summed E-state index contributed by atoms with van der Waals surface area (Å²) in [6.45, 7) is 25.3. The molecule has 0 radical (unpaired) electrons. The lowest BCUT2D eigenvalue weighted by molar-refractivity contribution is -0.243. The van der Waals surface area contributed by atoms with Gasteiger partial charge in [-0.3, -0.25) is 4.90 Å². The van der Waals surface area contributed by atoms with Crippen molar-refractivity contribution in [2.24, 2.45) is 16.2 Å². The van der Waals surface area contributed by atoms with Crippen molar-refractivity contribution in [2.45, 2.75) is 99.3 Å². The Morgan fingerprint density at radius 3 is 1.24 bits per heavy atom. The number of hydrogen-bond donors (Lipinski definition) is 1. The van der Waals surface area contributed by atoms with E-state index in [1.165, 1.54) is 0 Å². The van der Waals surface area contributed by atoms with Crippen LogP contribution in [0.4, 0.5) is 0 Å². The molecule has 3 saturated heterocycles. The Bertz CT molecular complexity index is 667. The molecule has 0 aromatic rings. The Hall–Kier alpha value is -0.400. The van der Waals surface area contributed by atoms with Gasteiger partial charge in [-0.1, -0.05) is 62.3 Å². The molecular weight excluding hydrogens is 526 g/mol. The number of hydrogen-bond acceptors (Lipinski definition) is 10. The fourth-order valence-corrected chi connectivity index (χ4v) is 4.13. The molecule has 1 N–H and O–H groups in total. The van der Waals surface area contributed by atoms with Crippen molar-refractivity contribution in [2.75, 3.05) is 88.1 Å². The molecule has 0 spiro atoms. The molecule has 3 aliphatic heterocycles. The largest absolute Gasteiger partial charge is 0.383 e. The van der Waals surface area contributed by atoms with Crippen molar-refractivity contribution in [1.82, 2.24) is 15.1 Å². The second kappa shape index (κ2) is 17.8. The number of methoxy groups -OCH3 is 1. The van der Waals surface area contributed by atoms with E-state index in [0.29, 0.717) is 18.1 Å². The minimum absolute atomic E-state index is 0.0517. The highest BCUT2D eigenvalue weighted by Gasteiger charge is 2.34. The van der Waals surface area contributed by atoms with Gasteiger partial charge in [0.05, 0.1) is 64.4 Å². The molecular formula is C31H65N3O7. The van der Waals surface area contributed by atoms with E-state index in [0.717, 1.165) is 52.8 Å². The first-order valence-electron chi connectivity index (χ1n) is 15.1. The van der Waals surface area contributed by atoms with Crippen LogP contribution in [-0.4, -0.2) is 135 Å². The van der Waals surface area contributed by atoms with E-state index in [1.54, 1.807) is 7.11 Å². The predicted molar refractivity (Wildman–Crippen MR) is 164 cm³/mol. The summed E-state index contributed by atoms with van der Waals surface area (Å²) in [6, 6.07) is 1.09. The highest BCUT2D eigenvalue weighted by Crippen LogP contribution is 2.28. The number of nitrogens with one attached hydrogen (secondary N) is 1. The van der Waals surface area contributed by atoms with Gasteiger partial charge in [-0.2, -0.15) is 0 Å². The second-order valence-electron chi connectivity index (χ2n) is 14.8. The van der Waals surface area contributed by atoms with E-state index in [-0.39, 0.29) is 35.1 Å². The van der Waals surface area contributed by atoms with Crippen LogP contribution in [0.3, 0.4) is 0 Å². The Labute approximate surface area is 252 Å². The van der Waals surface area contributed by atoms with E-state index in [1.807, 2.05) is 7.05 Å². The third kappa shape index (κ3) is 14.8. The summed E-state index contributed by atoms with van der Waals surface area (Å²) in [5.74, 6) is 0. The van der Waals surface area contributed by atoms with Gasteiger partial charge in [-0.15, -0.1) is 0 Å². The average Bonchev–Trinajstić information content (AvgIpc) is 2.91. The average molecular weight is 592 g/mol. The monoisotopic (exact) mass is 591 g/mol. The van der Waals surface area contributed by atoms with Gasteiger partial charge < -0.3 is 43.4 Å². The topological polar surface area (TPSA) is 83.1 Å². The third-order valence-corrected chi connectivity index (χ3v) is 7.19. The molecule has 0 aromatic heterocycles. The first-order chi connectivity index (χ1) is 18.9. The molecule has 246 valence electrons. The van der Waals surface area contributed by atoms with Crippen LogP contribution in [0.15, 0.2) is 0 Å². The predicted octanol–water partition coefficient (Wildman–Crippen LogP) is 3.68. The molecule has 0 unspecified atom stereocenters. The molecule has 3 aliphatic rings. The number of likely N-dealkylation sites (N-methyl/N-ethyl adjacent to an activating group) is 3. The summed E-state index contributed by atoms with van der Waals surface area (Å²) in [5, 5.41) is 3.13. The van der Waals surface area contributed by atoms with Crippen LogP contribution in [0.5, 0.6) is 0 Å². The van der Waals surface area contributed by atoms with E-state index in [2.05, 4.69) is 98.6 Å². The van der Waals surface area contributed by atoms with E-state index in [4.69, 9.17) is 33.2 Å². The standard InChI is InChI=1S/C12H25NO3.C10H21NO2.C9H19NO2/c1-12(2,3)11-15-8-10(9-16-11)13(4)6-7-14-5;1-10(2,3)9-12-6-8(7-13-9)11(4)5;1-9(2,3)8-11-5-7(10-4)6-12-8/h10-11H,6-9H2,1-5H3;8-9H,6-7H2,1-5H3;7-8,10H,5-6H2,1-4H3. The summed E-state index contributed by atoms with van der Waals surface area (Å²) in [4.78, 5) is 4.36. The van der Waals surface area contributed by atoms with E-state index in [9.17, 15) is 0 Å². The second-order valence-corrected chi connectivity index (χ2v) is 14.8. The molecule has 0 bridgehead atoms. The normalized spacial score (nSPS) is 29.9. The van der Waals surface area contributed by atoms with Crippen LogP contribution >= 0.6 is 0 Å². The van der Waals surface area contributed by atoms with Gasteiger partial charge in [0.1, 0.15) is 0 Å². The zero-order valence-electron chi connectivity index (χ0n) is 28.9. The SMILES string of the molecule is CN(C)C1COC(C(C)(C)C)OC1.CNC1COC(C(C)(C)C)OC1.COCCN(C)C1COC(C(C)(C)C)OC1. The number of nitrogens with zero attached hydrogens (tertiary/aromatic N) is 2. The zero-order valence-corrected chi connectivity index (χ0v) is 28.9. The molecule has 0 amide bonds. The summed E-state index contributed by atoms with van der Waals surface area (Å²) >= 11 is 0. The molecule has 3 rings (SSSR count). The summed E-state index contributed by atoms with van der Waals surface area (Å²) < 4.78 is 39.0. The van der Waals surface area contributed by atoms with Crippen LogP contribution < -0.4 is 5.32 Å². The zero-order chi connectivity index (χ0) is 31.4. The van der Waals surface area contributed by atoms with Gasteiger partial charge in [-0.05, 0) is 28.2 Å². The molecule has 3 heterocycles. The molecule has 0 saturated carbocycles. The molecule has 10 heteroatoms. The highest BCUT2D eigenvalue weighted by atomic mass is 16.7. The summed E-state index contributed by atoms with van der Waals surface area (Å²) in [5.41, 5.74) is 0.214. The van der Waals surface area contributed by atoms with E-state index < -0.39 is 0 Å². The van der Waals surface area contributed by atoms with Crippen LogP contribution in [0.25, 0.3) is 0 Å². The van der Waals surface area contributed by atoms with Crippen LogP contribution in [0, 0.1) is 16.2 Å². The van der Waals surface area contributed by atoms with Crippen LogP contribution in [-0.2, 0) is 33.2 Å². The van der Waals surface area contributed by atoms with Gasteiger partial charge in [0.25, 0.3) is 0 Å². The first kappa shape index (κ1) is 38.6. The summed E-state index contributed by atoms with van der Waals surface area (Å²) in [7, 11) is 9.82. The number of rotatable bonds is 6. The lowest BCUT2D eigenvalue weighted by Gasteiger charge is -2.39. The van der Waals surface area contributed by atoms with Gasteiger partial charge in [-0.25, -0.2) is 0 Å². The molecule has 0 atom stereocenters. The minimum atomic E-state index is -0.0837. The van der Waals surface area contributed by atoms with Gasteiger partial charge >= 0.3 is 0 Å². The fourth-order valence-electron chi connectivity index (χ4n) is 4.13. The highest BCUT2D eigenvalue weighted by molar-refractivity contribution is 4.77. The minimum Gasteiger partial charge on any atom is -0.383 e. The lowest BCUT2D eigenvalue weighted by Crippen LogP contribution is -2.49. The van der Waals surface area contributed by atoms with Crippen molar-refractivity contribution in [1.29, 1.82) is 0 Å². The fraction of sp³-hybridized carbons (Fsp3) is 1.00. The molecule has 3 fully saturated rings. The molecule has 41 heavy (non-hydrogen) atoms. The van der Waals surface area contributed by atoms with Crippen molar-refractivity contribution in [3.05, 3.63) is 0 Å². The van der Waals surface area contributed by atoms with Gasteiger partial charge in [0, 0.05) is 29.9 Å². The Balaban J connectivity index is 0.000000311. The Morgan fingerprint density at radius 1 is 0.610 bits per heavy atom. The molecule has 0 aliphatic carbocycles. The van der Waals surface area contributed by atoms with Crippen molar-refractivity contribution in [3.8, 4) is 0 Å². The number of ether oxygens (including phenoxy) is 7. The maximum Gasteiger partial charge on any atom is 0.162 e. The summed E-state index contributed by atoms with van der Waals surface area (Å²) in [6.07, 6.45) is -0.189. The Kier molecular flexibility index (Phi) is 16.8. The van der Waals surface area contributed by atoms with Crippen molar-refractivity contribution < 1.29 is 33.2 Å². The molecule has 0 aromatic carbocycles. The van der Waals surface area contributed by atoms with Gasteiger partial charge in [0.15, 0.2) is 18.9 Å². The first-order valence-corrected chi connectivity index (χ1v) is 15.1. The Morgan fingerprint density at radius 2 is 0.951 bits per heavy atom. The quantitative estimate of drug-likeness (QED) is 0.494. The lowest BCUT2D eigenvalue weighted by atomic mass is 9.95. The van der Waals surface area contributed by atoms with Crippen molar-refractivity contribution in [3.63, 3.8) is 0 Å².